The van der Waals surface area contributed by atoms with E-state index in [1.54, 1.807) is 0 Å². The summed E-state index contributed by atoms with van der Waals surface area (Å²) < 4.78 is 0. The van der Waals surface area contributed by atoms with Gasteiger partial charge < -0.3 is 10.2 Å². The Morgan fingerprint density at radius 2 is 2.33 bits per heavy atom. The van der Waals surface area contributed by atoms with Gasteiger partial charge in [-0.25, -0.2) is 0 Å². The van der Waals surface area contributed by atoms with Gasteiger partial charge in [0.1, 0.15) is 0 Å². The molecule has 2 aliphatic rings. The van der Waals surface area contributed by atoms with Crippen LogP contribution >= 0.6 is 0 Å². The monoisotopic (exact) mass is 247 g/mol. The fourth-order valence-corrected chi connectivity index (χ4v) is 2.30. The van der Waals surface area contributed by atoms with Crippen LogP contribution in [0.25, 0.3) is 0 Å². The quantitative estimate of drug-likeness (QED) is 0.818. The van der Waals surface area contributed by atoms with Gasteiger partial charge in [0.05, 0.1) is 18.0 Å². The lowest BCUT2D eigenvalue weighted by atomic mass is 10.0. The molecule has 0 atom stereocenters. The van der Waals surface area contributed by atoms with Crippen LogP contribution in [0.2, 0.25) is 0 Å². The van der Waals surface area contributed by atoms with Gasteiger partial charge in [-0.15, -0.1) is 0 Å². The van der Waals surface area contributed by atoms with Crippen LogP contribution in [0.15, 0.2) is 28.4 Å². The zero-order chi connectivity index (χ0) is 13.0. The van der Waals surface area contributed by atoms with Crippen molar-refractivity contribution in [1.29, 1.82) is 0 Å². The first-order valence-electron chi connectivity index (χ1n) is 6.63. The van der Waals surface area contributed by atoms with Crippen molar-refractivity contribution in [2.45, 2.75) is 26.2 Å². The van der Waals surface area contributed by atoms with Crippen LogP contribution in [-0.4, -0.2) is 43.2 Å². The van der Waals surface area contributed by atoms with E-state index in [1.165, 1.54) is 5.57 Å². The van der Waals surface area contributed by atoms with Crippen molar-refractivity contribution in [3.63, 3.8) is 0 Å². The molecule has 18 heavy (non-hydrogen) atoms. The van der Waals surface area contributed by atoms with Gasteiger partial charge in [-0.3, -0.25) is 9.79 Å². The second-order valence-electron chi connectivity index (χ2n) is 4.86. The minimum atomic E-state index is 0.0862. The highest BCUT2D eigenvalue weighted by Crippen LogP contribution is 2.17. The van der Waals surface area contributed by atoms with E-state index < -0.39 is 0 Å². The van der Waals surface area contributed by atoms with Crippen LogP contribution in [0.1, 0.15) is 26.2 Å². The van der Waals surface area contributed by atoms with Gasteiger partial charge in [-0.05, 0) is 31.5 Å². The summed E-state index contributed by atoms with van der Waals surface area (Å²) in [5, 5.41) is 2.97. The summed E-state index contributed by atoms with van der Waals surface area (Å²) in [6.45, 7) is 4.70. The molecule has 1 amide bonds. The number of hydrogen-bond acceptors (Lipinski definition) is 3. The van der Waals surface area contributed by atoms with Crippen LogP contribution in [-0.2, 0) is 4.79 Å². The molecule has 98 valence electrons. The molecular formula is C14H21N3O. The Labute approximate surface area is 108 Å². The van der Waals surface area contributed by atoms with Gasteiger partial charge in [0.2, 0.25) is 5.91 Å². The molecule has 1 N–H and O–H groups in total. The summed E-state index contributed by atoms with van der Waals surface area (Å²) in [7, 11) is 2.11. The first kappa shape index (κ1) is 13.0. The zero-order valence-corrected chi connectivity index (χ0v) is 11.2. The SMILES string of the molecule is CCCC(=O)NC1=CCN=C1C1=CCCN(C)C1. The van der Waals surface area contributed by atoms with Crippen LogP contribution in [0.4, 0.5) is 0 Å². The van der Waals surface area contributed by atoms with Crippen LogP contribution in [0.5, 0.6) is 0 Å². The average Bonchev–Trinajstić information content (AvgIpc) is 2.77. The Bertz CT molecular complexity index is 421. The molecule has 2 heterocycles. The molecule has 2 rings (SSSR count). The topological polar surface area (TPSA) is 44.7 Å². The Morgan fingerprint density at radius 1 is 1.50 bits per heavy atom. The molecule has 0 saturated heterocycles. The number of aliphatic imine (C=N–C) groups is 1. The molecule has 2 aliphatic heterocycles. The maximum absolute atomic E-state index is 11.7. The molecule has 0 aromatic rings. The van der Waals surface area contributed by atoms with Crippen molar-refractivity contribution in [1.82, 2.24) is 10.2 Å². The smallest absolute Gasteiger partial charge is 0.224 e. The molecule has 4 nitrogen and oxygen atoms in total. The van der Waals surface area contributed by atoms with Crippen molar-refractivity contribution in [2.24, 2.45) is 4.99 Å². The third kappa shape index (κ3) is 3.07. The predicted octanol–water partition coefficient (Wildman–Crippen LogP) is 1.50. The molecule has 0 aromatic carbocycles. The van der Waals surface area contributed by atoms with Crippen LogP contribution in [0, 0.1) is 0 Å². The number of carbonyl (C=O) groups excluding carboxylic acids is 1. The number of amides is 1. The number of carbonyl (C=O) groups is 1. The largest absolute Gasteiger partial charge is 0.324 e. The fourth-order valence-electron chi connectivity index (χ4n) is 2.30. The van der Waals surface area contributed by atoms with E-state index in [1.807, 2.05) is 13.0 Å². The van der Waals surface area contributed by atoms with Crippen molar-refractivity contribution >= 4 is 11.6 Å². The zero-order valence-electron chi connectivity index (χ0n) is 11.2. The van der Waals surface area contributed by atoms with E-state index in [2.05, 4.69) is 28.3 Å². The normalized spacial score (nSPS) is 20.2. The Morgan fingerprint density at radius 3 is 3.06 bits per heavy atom. The maximum Gasteiger partial charge on any atom is 0.224 e. The van der Waals surface area contributed by atoms with Gasteiger partial charge in [0.15, 0.2) is 0 Å². The minimum Gasteiger partial charge on any atom is -0.324 e. The van der Waals surface area contributed by atoms with Gasteiger partial charge in [-0.2, -0.15) is 0 Å². The summed E-state index contributed by atoms with van der Waals surface area (Å²) in [5.41, 5.74) is 3.12. The van der Waals surface area contributed by atoms with Gasteiger partial charge in [0, 0.05) is 19.5 Å². The van der Waals surface area contributed by atoms with Crippen molar-refractivity contribution in [2.75, 3.05) is 26.7 Å². The highest BCUT2D eigenvalue weighted by atomic mass is 16.1. The van der Waals surface area contributed by atoms with Crippen molar-refractivity contribution in [3.05, 3.63) is 23.4 Å². The van der Waals surface area contributed by atoms with Crippen LogP contribution < -0.4 is 5.32 Å². The molecule has 0 fully saturated rings. The van der Waals surface area contributed by atoms with Gasteiger partial charge >= 0.3 is 0 Å². The fraction of sp³-hybridized carbons (Fsp3) is 0.571. The molecule has 0 saturated carbocycles. The number of nitrogens with one attached hydrogen (secondary N) is 1. The van der Waals surface area contributed by atoms with E-state index in [9.17, 15) is 4.79 Å². The second-order valence-corrected chi connectivity index (χ2v) is 4.86. The molecule has 0 bridgehead atoms. The number of hydrogen-bond donors (Lipinski definition) is 1. The Kier molecular flexibility index (Phi) is 4.31. The lowest BCUT2D eigenvalue weighted by molar-refractivity contribution is -0.120. The van der Waals surface area contributed by atoms with E-state index in [4.69, 9.17) is 0 Å². The van der Waals surface area contributed by atoms with E-state index in [0.717, 1.165) is 37.3 Å². The molecule has 0 aliphatic carbocycles. The lowest BCUT2D eigenvalue weighted by Crippen LogP contribution is -2.32. The second kappa shape index (κ2) is 5.96. The first-order valence-corrected chi connectivity index (χ1v) is 6.63. The summed E-state index contributed by atoms with van der Waals surface area (Å²) in [4.78, 5) is 18.4. The minimum absolute atomic E-state index is 0.0862. The number of allylic oxidation sites excluding steroid dienone is 1. The Balaban J connectivity index is 2.03. The molecule has 0 radical (unpaired) electrons. The summed E-state index contributed by atoms with van der Waals surface area (Å²) in [6, 6.07) is 0. The molecular weight excluding hydrogens is 226 g/mol. The summed E-state index contributed by atoms with van der Waals surface area (Å²) in [5.74, 6) is 0.0862. The first-order chi connectivity index (χ1) is 8.70. The molecule has 0 unspecified atom stereocenters. The van der Waals surface area contributed by atoms with E-state index >= 15 is 0 Å². The third-order valence-corrected chi connectivity index (χ3v) is 3.20. The van der Waals surface area contributed by atoms with Gasteiger partial charge in [-0.1, -0.05) is 13.0 Å². The van der Waals surface area contributed by atoms with Gasteiger partial charge in [0.25, 0.3) is 0 Å². The highest BCUT2D eigenvalue weighted by molar-refractivity contribution is 6.15. The molecule has 0 spiro atoms. The van der Waals surface area contributed by atoms with Crippen LogP contribution in [0.3, 0.4) is 0 Å². The number of rotatable bonds is 4. The average molecular weight is 247 g/mol. The standard InChI is InChI=1S/C14H21N3O/c1-3-5-13(18)16-12-7-8-15-14(12)11-6-4-9-17(2)10-11/h6-7H,3-5,8-10H2,1-2H3,(H,16,18). The highest BCUT2D eigenvalue weighted by Gasteiger charge is 2.20. The maximum atomic E-state index is 11.7. The molecule has 0 aromatic heterocycles. The van der Waals surface area contributed by atoms with E-state index in [0.29, 0.717) is 13.0 Å². The summed E-state index contributed by atoms with van der Waals surface area (Å²) >= 11 is 0. The van der Waals surface area contributed by atoms with Crippen molar-refractivity contribution < 1.29 is 4.79 Å². The lowest BCUT2D eigenvalue weighted by Gasteiger charge is -2.24. The third-order valence-electron chi connectivity index (χ3n) is 3.20. The number of likely N-dealkylation sites (N-methyl/N-ethyl adjacent to an activating group) is 1. The predicted molar refractivity (Wildman–Crippen MR) is 73.6 cm³/mol. The summed E-state index contributed by atoms with van der Waals surface area (Å²) in [6.07, 6.45) is 6.74. The Hall–Kier alpha value is -1.42. The van der Waals surface area contributed by atoms with E-state index in [-0.39, 0.29) is 5.91 Å². The van der Waals surface area contributed by atoms with Crippen molar-refractivity contribution in [3.8, 4) is 0 Å². The molecule has 4 heteroatoms. The number of nitrogens with zero attached hydrogens (tertiary/aromatic N) is 2.